The Hall–Kier alpha value is -1.67. The molecule has 1 nitrogen and oxygen atoms in total. The van der Waals surface area contributed by atoms with E-state index in [2.05, 4.69) is 44.3 Å². The fourth-order valence-corrected chi connectivity index (χ4v) is 2.67. The monoisotopic (exact) mass is 285 g/mol. The number of hydrogen-bond donors (Lipinski definition) is 1. The van der Waals surface area contributed by atoms with Gasteiger partial charge in [-0.15, -0.1) is 0 Å². The molecule has 0 heterocycles. The summed E-state index contributed by atoms with van der Waals surface area (Å²) in [6.45, 7) is 9.31. The lowest BCUT2D eigenvalue weighted by Gasteiger charge is -2.24. The highest BCUT2D eigenvalue weighted by Gasteiger charge is 2.18. The average Bonchev–Trinajstić information content (AvgIpc) is 2.46. The molecule has 0 spiro atoms. The first-order valence-electron chi connectivity index (χ1n) is 7.59. The number of hydrogen-bond acceptors (Lipinski definition) is 1. The highest BCUT2D eigenvalue weighted by Crippen LogP contribution is 2.28. The van der Waals surface area contributed by atoms with Gasteiger partial charge in [-0.3, -0.25) is 0 Å². The van der Waals surface area contributed by atoms with E-state index in [4.69, 9.17) is 0 Å². The molecule has 112 valence electrons. The lowest BCUT2D eigenvalue weighted by Crippen LogP contribution is -2.25. The van der Waals surface area contributed by atoms with Crippen molar-refractivity contribution in [2.75, 3.05) is 6.54 Å². The number of halogens is 1. The molecule has 0 amide bonds. The third-order valence-corrected chi connectivity index (χ3v) is 3.90. The van der Waals surface area contributed by atoms with Crippen molar-refractivity contribution < 1.29 is 4.39 Å². The summed E-state index contributed by atoms with van der Waals surface area (Å²) in [6.07, 6.45) is 1.05. The molecule has 0 saturated heterocycles. The van der Waals surface area contributed by atoms with E-state index in [1.54, 1.807) is 6.07 Å². The highest BCUT2D eigenvalue weighted by molar-refractivity contribution is 5.42. The Bertz CT molecular complexity index is 567. The first-order chi connectivity index (χ1) is 10.0. The van der Waals surface area contributed by atoms with Crippen LogP contribution in [0, 0.1) is 26.6 Å². The van der Waals surface area contributed by atoms with Gasteiger partial charge in [-0.25, -0.2) is 4.39 Å². The minimum Gasteiger partial charge on any atom is -0.306 e. The van der Waals surface area contributed by atoms with Crippen LogP contribution >= 0.6 is 0 Å². The van der Waals surface area contributed by atoms with Gasteiger partial charge < -0.3 is 5.32 Å². The van der Waals surface area contributed by atoms with Crippen molar-refractivity contribution in [1.29, 1.82) is 0 Å². The number of nitrogens with one attached hydrogen (secondary N) is 1. The van der Waals surface area contributed by atoms with Gasteiger partial charge in [0.2, 0.25) is 0 Å². The van der Waals surface area contributed by atoms with Crippen molar-refractivity contribution in [3.63, 3.8) is 0 Å². The minimum absolute atomic E-state index is 0.0422. The summed E-state index contributed by atoms with van der Waals surface area (Å²) < 4.78 is 13.7. The largest absolute Gasteiger partial charge is 0.306 e. The molecule has 1 N–H and O–H groups in total. The molecule has 0 bridgehead atoms. The fraction of sp³-hybridized carbons (Fsp3) is 0.368. The molecular weight excluding hydrogens is 261 g/mol. The van der Waals surface area contributed by atoms with E-state index in [1.165, 1.54) is 22.8 Å². The van der Waals surface area contributed by atoms with Crippen LogP contribution in [0.5, 0.6) is 0 Å². The van der Waals surface area contributed by atoms with E-state index in [0.29, 0.717) is 0 Å². The summed E-state index contributed by atoms with van der Waals surface area (Å²) >= 11 is 0. The van der Waals surface area contributed by atoms with Crippen molar-refractivity contribution >= 4 is 0 Å². The van der Waals surface area contributed by atoms with Crippen LogP contribution in [-0.4, -0.2) is 6.54 Å². The molecule has 2 rings (SSSR count). The van der Waals surface area contributed by atoms with Crippen LogP contribution in [0.4, 0.5) is 4.39 Å². The maximum atomic E-state index is 13.7. The van der Waals surface area contributed by atoms with E-state index in [-0.39, 0.29) is 11.9 Å². The lowest BCUT2D eigenvalue weighted by atomic mass is 9.91. The second-order valence-electron chi connectivity index (χ2n) is 5.75. The zero-order chi connectivity index (χ0) is 15.4. The van der Waals surface area contributed by atoms with Gasteiger partial charge in [-0.2, -0.15) is 0 Å². The Morgan fingerprint density at radius 3 is 2.24 bits per heavy atom. The van der Waals surface area contributed by atoms with Gasteiger partial charge in [-0.1, -0.05) is 36.8 Å². The van der Waals surface area contributed by atoms with Crippen LogP contribution in [0.2, 0.25) is 0 Å². The minimum atomic E-state index is -0.177. The van der Waals surface area contributed by atoms with Gasteiger partial charge in [0.1, 0.15) is 5.82 Å². The predicted octanol–water partition coefficient (Wildman–Crippen LogP) is 4.84. The molecule has 0 fully saturated rings. The van der Waals surface area contributed by atoms with Gasteiger partial charge in [0, 0.05) is 0 Å². The molecule has 0 aliphatic rings. The third-order valence-electron chi connectivity index (χ3n) is 3.90. The normalized spacial score (nSPS) is 12.4. The third kappa shape index (κ3) is 3.70. The molecule has 1 unspecified atom stereocenters. The standard InChI is InChI=1S/C19H24FN/c1-5-10-21-19(17-11-13(2)6-7-14(17)3)18-12-16(20)9-8-15(18)4/h6-9,11-12,19,21H,5,10H2,1-4H3. The van der Waals surface area contributed by atoms with Crippen LogP contribution in [-0.2, 0) is 0 Å². The quantitative estimate of drug-likeness (QED) is 0.829. The molecule has 0 aliphatic heterocycles. The summed E-state index contributed by atoms with van der Waals surface area (Å²) in [5.74, 6) is -0.177. The zero-order valence-corrected chi connectivity index (χ0v) is 13.3. The molecular formula is C19H24FN. The average molecular weight is 285 g/mol. The van der Waals surface area contributed by atoms with Crippen LogP contribution in [0.15, 0.2) is 36.4 Å². The van der Waals surface area contributed by atoms with Crippen LogP contribution in [0.25, 0.3) is 0 Å². The van der Waals surface area contributed by atoms with Crippen LogP contribution < -0.4 is 5.32 Å². The SMILES string of the molecule is CCCNC(c1cc(C)ccc1C)c1cc(F)ccc1C. The Morgan fingerprint density at radius 2 is 1.57 bits per heavy atom. The van der Waals surface area contributed by atoms with Gasteiger partial charge in [0.25, 0.3) is 0 Å². The summed E-state index contributed by atoms with van der Waals surface area (Å²) in [6, 6.07) is 11.5. The Morgan fingerprint density at radius 1 is 0.952 bits per heavy atom. The first kappa shape index (κ1) is 15.7. The number of benzene rings is 2. The molecule has 0 radical (unpaired) electrons. The van der Waals surface area contributed by atoms with E-state index in [1.807, 2.05) is 13.0 Å². The van der Waals surface area contributed by atoms with E-state index < -0.39 is 0 Å². The number of rotatable bonds is 5. The predicted molar refractivity (Wildman–Crippen MR) is 87.2 cm³/mol. The van der Waals surface area contributed by atoms with E-state index in [9.17, 15) is 4.39 Å². The molecule has 2 heteroatoms. The highest BCUT2D eigenvalue weighted by atomic mass is 19.1. The van der Waals surface area contributed by atoms with Crippen molar-refractivity contribution in [1.82, 2.24) is 5.32 Å². The van der Waals surface area contributed by atoms with Gasteiger partial charge in [0.05, 0.1) is 6.04 Å². The van der Waals surface area contributed by atoms with E-state index in [0.717, 1.165) is 24.1 Å². The molecule has 1 atom stereocenters. The molecule has 0 saturated carbocycles. The van der Waals surface area contributed by atoms with Crippen LogP contribution in [0.3, 0.4) is 0 Å². The maximum absolute atomic E-state index is 13.7. The zero-order valence-electron chi connectivity index (χ0n) is 13.3. The molecule has 21 heavy (non-hydrogen) atoms. The smallest absolute Gasteiger partial charge is 0.123 e. The second kappa shape index (κ2) is 6.86. The Kier molecular flexibility index (Phi) is 5.13. The van der Waals surface area contributed by atoms with Gasteiger partial charge >= 0.3 is 0 Å². The fourth-order valence-electron chi connectivity index (χ4n) is 2.67. The Balaban J connectivity index is 2.52. The van der Waals surface area contributed by atoms with E-state index >= 15 is 0 Å². The van der Waals surface area contributed by atoms with Crippen molar-refractivity contribution in [3.05, 3.63) is 70.0 Å². The van der Waals surface area contributed by atoms with Crippen LogP contribution in [0.1, 0.15) is 47.2 Å². The van der Waals surface area contributed by atoms with Crippen molar-refractivity contribution in [2.24, 2.45) is 0 Å². The molecule has 0 aliphatic carbocycles. The topological polar surface area (TPSA) is 12.0 Å². The molecule has 2 aromatic rings. The summed E-state index contributed by atoms with van der Waals surface area (Å²) in [5, 5.41) is 3.57. The van der Waals surface area contributed by atoms with Crippen molar-refractivity contribution in [3.8, 4) is 0 Å². The molecule has 0 aromatic heterocycles. The number of aryl methyl sites for hydroxylation is 3. The van der Waals surface area contributed by atoms with Crippen molar-refractivity contribution in [2.45, 2.75) is 40.2 Å². The summed E-state index contributed by atoms with van der Waals surface area (Å²) in [4.78, 5) is 0. The van der Waals surface area contributed by atoms with Gasteiger partial charge in [0.15, 0.2) is 0 Å². The Labute approximate surface area is 127 Å². The summed E-state index contributed by atoms with van der Waals surface area (Å²) in [5.41, 5.74) is 5.84. The second-order valence-corrected chi connectivity index (χ2v) is 5.75. The van der Waals surface area contributed by atoms with Gasteiger partial charge in [-0.05, 0) is 68.1 Å². The lowest BCUT2D eigenvalue weighted by molar-refractivity contribution is 0.581. The first-order valence-corrected chi connectivity index (χ1v) is 7.59. The molecule has 2 aromatic carbocycles. The summed E-state index contributed by atoms with van der Waals surface area (Å²) in [7, 11) is 0. The maximum Gasteiger partial charge on any atom is 0.123 e.